The number of nitrogens with zero attached hydrogens (tertiary/aromatic N) is 4. The number of esters is 1. The summed E-state index contributed by atoms with van der Waals surface area (Å²) in [5.74, 6) is 0.677. The summed E-state index contributed by atoms with van der Waals surface area (Å²) < 4.78 is 7.44. The third-order valence-electron chi connectivity index (χ3n) is 7.10. The molecule has 3 aromatic carbocycles. The van der Waals surface area contributed by atoms with Crippen molar-refractivity contribution < 1.29 is 14.3 Å². The van der Waals surface area contributed by atoms with E-state index in [1.807, 2.05) is 34.9 Å². The second-order valence-corrected chi connectivity index (χ2v) is 12.1. The normalized spacial score (nSPS) is 11.2. The number of aromatic nitrogens is 3. The van der Waals surface area contributed by atoms with Crippen LogP contribution in [0.5, 0.6) is 5.75 Å². The first-order chi connectivity index (χ1) is 22.0. The van der Waals surface area contributed by atoms with Gasteiger partial charge in [-0.25, -0.2) is 10.2 Å². The van der Waals surface area contributed by atoms with Crippen molar-refractivity contribution in [2.24, 2.45) is 5.10 Å². The average molecular weight is 646 g/mol. The highest BCUT2D eigenvalue weighted by Gasteiger charge is 2.16. The molecule has 0 saturated heterocycles. The highest BCUT2D eigenvalue weighted by Crippen LogP contribution is 2.23. The maximum atomic E-state index is 12.6. The van der Waals surface area contributed by atoms with E-state index in [0.717, 1.165) is 29.9 Å². The number of hydrogen-bond donors (Lipinski definition) is 1. The van der Waals surface area contributed by atoms with Crippen LogP contribution in [0.3, 0.4) is 0 Å². The van der Waals surface area contributed by atoms with Crippen molar-refractivity contribution in [1.82, 2.24) is 20.2 Å². The van der Waals surface area contributed by atoms with Crippen LogP contribution in [0.1, 0.15) is 86.5 Å². The Labute approximate surface area is 274 Å². The van der Waals surface area contributed by atoms with Crippen LogP contribution in [0.2, 0.25) is 5.02 Å². The van der Waals surface area contributed by atoms with Gasteiger partial charge in [0.1, 0.15) is 11.6 Å². The number of para-hydroxylation sites is 1. The van der Waals surface area contributed by atoms with Crippen molar-refractivity contribution in [3.63, 3.8) is 0 Å². The zero-order valence-electron chi connectivity index (χ0n) is 25.7. The molecule has 236 valence electrons. The van der Waals surface area contributed by atoms with Gasteiger partial charge in [-0.15, -0.1) is 10.2 Å². The third-order valence-corrected chi connectivity index (χ3v) is 8.27. The summed E-state index contributed by atoms with van der Waals surface area (Å²) in [6, 6.07) is 23.4. The summed E-state index contributed by atoms with van der Waals surface area (Å²) in [5, 5.41) is 14.1. The van der Waals surface area contributed by atoms with Crippen molar-refractivity contribution in [1.29, 1.82) is 0 Å². The second-order valence-electron chi connectivity index (χ2n) is 10.7. The van der Waals surface area contributed by atoms with Gasteiger partial charge in [0.25, 0.3) is 5.91 Å². The van der Waals surface area contributed by atoms with Crippen LogP contribution in [-0.2, 0) is 11.2 Å². The first-order valence-electron chi connectivity index (χ1n) is 15.6. The van der Waals surface area contributed by atoms with Crippen LogP contribution in [0.15, 0.2) is 89.1 Å². The number of ether oxygens (including phenoxy) is 1. The lowest BCUT2D eigenvalue weighted by atomic mass is 10.1. The van der Waals surface area contributed by atoms with Gasteiger partial charge in [0.15, 0.2) is 5.16 Å². The number of hydrazone groups is 1. The van der Waals surface area contributed by atoms with Gasteiger partial charge in [0, 0.05) is 17.1 Å². The van der Waals surface area contributed by atoms with Gasteiger partial charge in [0.2, 0.25) is 0 Å². The van der Waals surface area contributed by atoms with Crippen molar-refractivity contribution >= 4 is 41.5 Å². The molecule has 0 fully saturated rings. The minimum atomic E-state index is -0.498. The Morgan fingerprint density at radius 1 is 0.889 bits per heavy atom. The van der Waals surface area contributed by atoms with Crippen LogP contribution in [0.25, 0.3) is 5.69 Å². The van der Waals surface area contributed by atoms with E-state index in [4.69, 9.17) is 16.3 Å². The average Bonchev–Trinajstić information content (AvgIpc) is 3.46. The predicted molar refractivity (Wildman–Crippen MR) is 182 cm³/mol. The van der Waals surface area contributed by atoms with E-state index in [0.29, 0.717) is 21.5 Å². The van der Waals surface area contributed by atoms with E-state index in [9.17, 15) is 9.59 Å². The minimum absolute atomic E-state index is 0.138. The van der Waals surface area contributed by atoms with Crippen LogP contribution in [-0.4, -0.2) is 38.6 Å². The quantitative estimate of drug-likeness (QED) is 0.0291. The lowest BCUT2D eigenvalue weighted by Crippen LogP contribution is -2.20. The fourth-order valence-electron chi connectivity index (χ4n) is 4.73. The molecule has 45 heavy (non-hydrogen) atoms. The Hall–Kier alpha value is -3.95. The summed E-state index contributed by atoms with van der Waals surface area (Å²) in [7, 11) is 0. The summed E-state index contributed by atoms with van der Waals surface area (Å²) in [5.41, 5.74) is 4.65. The van der Waals surface area contributed by atoms with Crippen LogP contribution in [0.4, 0.5) is 0 Å². The Kier molecular flexibility index (Phi) is 14.1. The summed E-state index contributed by atoms with van der Waals surface area (Å²) in [6.07, 6.45) is 13.8. The van der Waals surface area contributed by atoms with Crippen LogP contribution >= 0.6 is 23.4 Å². The largest absolute Gasteiger partial charge is 0.423 e. The van der Waals surface area contributed by atoms with Crippen molar-refractivity contribution in [3.8, 4) is 11.4 Å². The van der Waals surface area contributed by atoms with E-state index in [1.165, 1.54) is 69.3 Å². The number of nitrogens with one attached hydrogen (secondary N) is 1. The fraction of sp³-hybridized carbons (Fsp3) is 0.343. The van der Waals surface area contributed by atoms with Crippen LogP contribution < -0.4 is 10.2 Å². The Bertz CT molecular complexity index is 1530. The Balaban J connectivity index is 1.24. The number of unbranched alkanes of at least 4 members (excludes halogenated alkanes) is 8. The number of carbonyl (C=O) groups excluding carboxylic acids is 2. The standard InChI is InChI=1S/C35H40ClN5O3S/c1-2-3-4-5-6-7-8-9-13-19-32-38-40-35(41(32)30-17-11-10-12-18-30)45-26-33(42)39-37-25-27-20-22-31(23-21-27)44-34(43)28-15-14-16-29(36)24-28/h10-12,14-18,20-25H,2-9,13,19,26H2,1H3,(H,39,42)/b37-25+. The number of thioether (sulfide) groups is 1. The number of rotatable bonds is 18. The molecule has 0 aliphatic heterocycles. The molecule has 0 radical (unpaired) electrons. The molecule has 1 amide bonds. The molecule has 0 unspecified atom stereocenters. The zero-order valence-corrected chi connectivity index (χ0v) is 27.2. The highest BCUT2D eigenvalue weighted by atomic mass is 35.5. The van der Waals surface area contributed by atoms with E-state index in [1.54, 1.807) is 48.5 Å². The van der Waals surface area contributed by atoms with Crippen molar-refractivity contribution in [3.05, 3.63) is 101 Å². The topological polar surface area (TPSA) is 98.5 Å². The van der Waals surface area contributed by atoms with E-state index >= 15 is 0 Å². The van der Waals surface area contributed by atoms with Gasteiger partial charge in [-0.1, -0.05) is 106 Å². The fourth-order valence-corrected chi connectivity index (χ4v) is 5.68. The summed E-state index contributed by atoms with van der Waals surface area (Å²) in [4.78, 5) is 24.9. The predicted octanol–water partition coefficient (Wildman–Crippen LogP) is 8.46. The third kappa shape index (κ3) is 11.5. The second kappa shape index (κ2) is 18.8. The molecule has 8 nitrogen and oxygen atoms in total. The molecule has 1 heterocycles. The number of carbonyl (C=O) groups is 2. The number of hydrogen-bond acceptors (Lipinski definition) is 7. The molecule has 0 saturated carbocycles. The van der Waals surface area contributed by atoms with Crippen molar-refractivity contribution in [2.75, 3.05) is 5.75 Å². The summed E-state index contributed by atoms with van der Waals surface area (Å²) in [6.45, 7) is 2.25. The first kappa shape index (κ1) is 33.9. The molecule has 1 aromatic heterocycles. The number of benzene rings is 3. The smallest absolute Gasteiger partial charge is 0.343 e. The maximum Gasteiger partial charge on any atom is 0.343 e. The van der Waals surface area contributed by atoms with Gasteiger partial charge in [-0.2, -0.15) is 5.10 Å². The van der Waals surface area contributed by atoms with E-state index < -0.39 is 5.97 Å². The van der Waals surface area contributed by atoms with Crippen molar-refractivity contribution in [2.45, 2.75) is 76.3 Å². The van der Waals surface area contributed by atoms with E-state index in [2.05, 4.69) is 27.6 Å². The van der Waals surface area contributed by atoms with Gasteiger partial charge in [-0.3, -0.25) is 9.36 Å². The van der Waals surface area contributed by atoms with E-state index in [-0.39, 0.29) is 11.7 Å². The molecule has 10 heteroatoms. The number of halogens is 1. The Morgan fingerprint density at radius 3 is 2.31 bits per heavy atom. The lowest BCUT2D eigenvalue weighted by Gasteiger charge is -2.10. The molecule has 0 aliphatic carbocycles. The zero-order chi connectivity index (χ0) is 31.7. The molecule has 0 spiro atoms. The lowest BCUT2D eigenvalue weighted by molar-refractivity contribution is -0.118. The molecular weight excluding hydrogens is 606 g/mol. The monoisotopic (exact) mass is 645 g/mol. The molecule has 0 bridgehead atoms. The molecule has 0 atom stereocenters. The molecule has 4 aromatic rings. The molecule has 1 N–H and O–H groups in total. The Morgan fingerprint density at radius 2 is 1.60 bits per heavy atom. The van der Waals surface area contributed by atoms with Gasteiger partial charge in [0.05, 0.1) is 17.5 Å². The summed E-state index contributed by atoms with van der Waals surface area (Å²) >= 11 is 7.28. The highest BCUT2D eigenvalue weighted by molar-refractivity contribution is 7.99. The number of aryl methyl sites for hydroxylation is 1. The maximum absolute atomic E-state index is 12.6. The first-order valence-corrected chi connectivity index (χ1v) is 16.9. The number of amides is 1. The molecule has 4 rings (SSSR count). The molecule has 0 aliphatic rings. The molecular formula is C35H40ClN5O3S. The van der Waals surface area contributed by atoms with Gasteiger partial charge >= 0.3 is 5.97 Å². The van der Waals surface area contributed by atoms with Gasteiger partial charge in [-0.05, 0) is 66.6 Å². The van der Waals surface area contributed by atoms with Crippen LogP contribution in [0, 0.1) is 0 Å². The minimum Gasteiger partial charge on any atom is -0.423 e. The van der Waals surface area contributed by atoms with Gasteiger partial charge < -0.3 is 4.74 Å². The SMILES string of the molecule is CCCCCCCCCCCc1nnc(SCC(=O)N/N=C/c2ccc(OC(=O)c3cccc(Cl)c3)cc2)n1-c1ccccc1.